The van der Waals surface area contributed by atoms with Crippen LogP contribution in [0.5, 0.6) is 0 Å². The van der Waals surface area contributed by atoms with Gasteiger partial charge in [0.1, 0.15) is 18.2 Å². The van der Waals surface area contributed by atoms with E-state index in [-0.39, 0.29) is 19.0 Å². The van der Waals surface area contributed by atoms with Crippen molar-refractivity contribution in [2.45, 2.75) is 13.5 Å². The molecular weight excluding hydrogens is 354 g/mol. The van der Waals surface area contributed by atoms with Crippen molar-refractivity contribution in [3.63, 3.8) is 0 Å². The van der Waals surface area contributed by atoms with E-state index in [0.717, 1.165) is 11.8 Å². The van der Waals surface area contributed by atoms with E-state index in [2.05, 4.69) is 15.4 Å². The fourth-order valence-electron chi connectivity index (χ4n) is 2.97. The van der Waals surface area contributed by atoms with Crippen LogP contribution in [0.1, 0.15) is 12.5 Å². The standard InChI is InChI=1S/C18H22F2N6O/c1-3-21-18(22-9-13-6-14(19)8-15(20)7-13)25-4-5-26(17(27)12-25)16-10-23-24(2)11-16/h6-8,10-11H,3-5,9,12H2,1-2H3,(H,21,22). The second-order valence-corrected chi connectivity index (χ2v) is 6.29. The first-order chi connectivity index (χ1) is 13.0. The number of halogens is 2. The van der Waals surface area contributed by atoms with Crippen molar-refractivity contribution in [3.05, 3.63) is 47.8 Å². The predicted molar refractivity (Wildman–Crippen MR) is 98.3 cm³/mol. The zero-order valence-electron chi connectivity index (χ0n) is 15.3. The van der Waals surface area contributed by atoms with Crippen molar-refractivity contribution >= 4 is 17.6 Å². The minimum absolute atomic E-state index is 0.0587. The molecule has 1 fully saturated rings. The first-order valence-corrected chi connectivity index (χ1v) is 8.73. The van der Waals surface area contributed by atoms with Crippen LogP contribution in [-0.2, 0) is 18.4 Å². The second-order valence-electron chi connectivity index (χ2n) is 6.29. The Labute approximate surface area is 156 Å². The molecule has 0 radical (unpaired) electrons. The van der Waals surface area contributed by atoms with Gasteiger partial charge in [-0.15, -0.1) is 0 Å². The molecule has 0 bridgehead atoms. The Balaban J connectivity index is 1.70. The summed E-state index contributed by atoms with van der Waals surface area (Å²) in [5.74, 6) is -0.783. The summed E-state index contributed by atoms with van der Waals surface area (Å²) in [5.41, 5.74) is 1.20. The Morgan fingerprint density at radius 2 is 2.00 bits per heavy atom. The number of carbonyl (C=O) groups is 1. The van der Waals surface area contributed by atoms with Crippen LogP contribution in [0.2, 0.25) is 0 Å². The highest BCUT2D eigenvalue weighted by atomic mass is 19.1. The molecule has 0 spiro atoms. The molecule has 27 heavy (non-hydrogen) atoms. The number of benzene rings is 1. The van der Waals surface area contributed by atoms with E-state index in [9.17, 15) is 13.6 Å². The Morgan fingerprint density at radius 3 is 2.59 bits per heavy atom. The lowest BCUT2D eigenvalue weighted by molar-refractivity contribution is -0.120. The summed E-state index contributed by atoms with van der Waals surface area (Å²) in [6, 6.07) is 3.33. The molecule has 7 nitrogen and oxygen atoms in total. The van der Waals surface area contributed by atoms with Crippen molar-refractivity contribution in [1.82, 2.24) is 20.0 Å². The lowest BCUT2D eigenvalue weighted by Crippen LogP contribution is -2.55. The molecule has 2 aromatic rings. The minimum Gasteiger partial charge on any atom is -0.356 e. The molecule has 144 valence electrons. The van der Waals surface area contributed by atoms with Crippen LogP contribution in [-0.4, -0.2) is 52.7 Å². The maximum atomic E-state index is 13.3. The molecule has 2 heterocycles. The molecular formula is C18H22F2N6O. The van der Waals surface area contributed by atoms with Gasteiger partial charge in [-0.3, -0.25) is 9.48 Å². The topological polar surface area (TPSA) is 65.8 Å². The van der Waals surface area contributed by atoms with Gasteiger partial charge >= 0.3 is 0 Å². The van der Waals surface area contributed by atoms with E-state index in [0.29, 0.717) is 31.2 Å². The van der Waals surface area contributed by atoms with E-state index in [1.54, 1.807) is 29.0 Å². The van der Waals surface area contributed by atoms with Crippen molar-refractivity contribution in [2.24, 2.45) is 12.0 Å². The number of nitrogens with one attached hydrogen (secondary N) is 1. The number of hydrogen-bond acceptors (Lipinski definition) is 3. The van der Waals surface area contributed by atoms with Crippen molar-refractivity contribution in [3.8, 4) is 0 Å². The van der Waals surface area contributed by atoms with Gasteiger partial charge in [0.05, 0.1) is 18.4 Å². The van der Waals surface area contributed by atoms with Gasteiger partial charge in [0.15, 0.2) is 5.96 Å². The first kappa shape index (κ1) is 18.8. The van der Waals surface area contributed by atoms with Gasteiger partial charge in [0.2, 0.25) is 5.91 Å². The smallest absolute Gasteiger partial charge is 0.246 e. The third kappa shape index (κ3) is 4.60. The molecule has 1 N–H and O–H groups in total. The number of carbonyl (C=O) groups excluding carboxylic acids is 1. The summed E-state index contributed by atoms with van der Waals surface area (Å²) in [6.07, 6.45) is 3.46. The number of guanidine groups is 1. The molecule has 3 rings (SSSR count). The molecule has 1 aliphatic heterocycles. The molecule has 1 saturated heterocycles. The van der Waals surface area contributed by atoms with Gasteiger partial charge in [-0.05, 0) is 24.6 Å². The molecule has 0 saturated carbocycles. The predicted octanol–water partition coefficient (Wildman–Crippen LogP) is 1.51. The number of aryl methyl sites for hydroxylation is 1. The molecule has 0 unspecified atom stereocenters. The summed E-state index contributed by atoms with van der Waals surface area (Å²) in [4.78, 5) is 20.5. The van der Waals surface area contributed by atoms with E-state index in [1.165, 1.54) is 12.1 Å². The van der Waals surface area contributed by atoms with E-state index >= 15 is 0 Å². The van der Waals surface area contributed by atoms with Crippen LogP contribution in [0.3, 0.4) is 0 Å². The van der Waals surface area contributed by atoms with Crippen LogP contribution in [0.25, 0.3) is 0 Å². The van der Waals surface area contributed by atoms with Crippen molar-refractivity contribution in [2.75, 3.05) is 31.1 Å². The molecule has 1 aromatic heterocycles. The lowest BCUT2D eigenvalue weighted by atomic mass is 10.2. The maximum absolute atomic E-state index is 13.3. The molecule has 9 heteroatoms. The zero-order valence-corrected chi connectivity index (χ0v) is 15.3. The van der Waals surface area contributed by atoms with Crippen LogP contribution >= 0.6 is 0 Å². The Hall–Kier alpha value is -2.97. The lowest BCUT2D eigenvalue weighted by Gasteiger charge is -2.35. The molecule has 0 atom stereocenters. The van der Waals surface area contributed by atoms with E-state index < -0.39 is 11.6 Å². The van der Waals surface area contributed by atoms with Crippen LogP contribution in [0.15, 0.2) is 35.6 Å². The molecule has 1 amide bonds. The number of rotatable bonds is 4. The Kier molecular flexibility index (Phi) is 5.68. The SMILES string of the molecule is CCNC(=NCc1cc(F)cc(F)c1)N1CCN(c2cnn(C)c2)C(=O)C1. The first-order valence-electron chi connectivity index (χ1n) is 8.73. The fourth-order valence-corrected chi connectivity index (χ4v) is 2.97. The largest absolute Gasteiger partial charge is 0.356 e. The summed E-state index contributed by atoms with van der Waals surface area (Å²) in [6.45, 7) is 3.91. The second kappa shape index (κ2) is 8.15. The van der Waals surface area contributed by atoms with Gasteiger partial charge in [-0.2, -0.15) is 5.10 Å². The number of anilines is 1. The van der Waals surface area contributed by atoms with Gasteiger partial charge in [0.25, 0.3) is 0 Å². The molecule has 1 aromatic carbocycles. The monoisotopic (exact) mass is 376 g/mol. The normalized spacial score (nSPS) is 15.4. The zero-order chi connectivity index (χ0) is 19.4. The average Bonchev–Trinajstić information content (AvgIpc) is 3.04. The highest BCUT2D eigenvalue weighted by Crippen LogP contribution is 2.16. The van der Waals surface area contributed by atoms with Gasteiger partial charge in [-0.1, -0.05) is 0 Å². The van der Waals surface area contributed by atoms with Crippen LogP contribution in [0, 0.1) is 11.6 Å². The minimum atomic E-state index is -0.634. The Bertz CT molecular complexity index is 830. The van der Waals surface area contributed by atoms with Gasteiger partial charge < -0.3 is 15.1 Å². The van der Waals surface area contributed by atoms with Crippen LogP contribution < -0.4 is 10.2 Å². The van der Waals surface area contributed by atoms with Crippen LogP contribution in [0.4, 0.5) is 14.5 Å². The molecule has 1 aliphatic rings. The van der Waals surface area contributed by atoms with Gasteiger partial charge in [-0.25, -0.2) is 13.8 Å². The summed E-state index contributed by atoms with van der Waals surface area (Å²) in [5, 5.41) is 7.23. The maximum Gasteiger partial charge on any atom is 0.246 e. The third-order valence-corrected chi connectivity index (χ3v) is 4.19. The summed E-state index contributed by atoms with van der Waals surface area (Å²) in [7, 11) is 1.80. The number of piperazine rings is 1. The summed E-state index contributed by atoms with van der Waals surface area (Å²) < 4.78 is 28.3. The number of nitrogens with zero attached hydrogens (tertiary/aromatic N) is 5. The fraction of sp³-hybridized carbons (Fsp3) is 0.389. The highest BCUT2D eigenvalue weighted by molar-refractivity contribution is 5.98. The van der Waals surface area contributed by atoms with Gasteiger partial charge in [0, 0.05) is 38.9 Å². The average molecular weight is 376 g/mol. The summed E-state index contributed by atoms with van der Waals surface area (Å²) >= 11 is 0. The van der Waals surface area contributed by atoms with Crippen molar-refractivity contribution in [1.29, 1.82) is 0 Å². The highest BCUT2D eigenvalue weighted by Gasteiger charge is 2.27. The van der Waals surface area contributed by atoms with Crippen molar-refractivity contribution < 1.29 is 13.6 Å². The number of amides is 1. The Morgan fingerprint density at radius 1 is 1.26 bits per heavy atom. The van der Waals surface area contributed by atoms with E-state index in [1.807, 2.05) is 11.8 Å². The van der Waals surface area contributed by atoms with E-state index in [4.69, 9.17) is 0 Å². The molecule has 0 aliphatic carbocycles. The third-order valence-electron chi connectivity index (χ3n) is 4.19. The number of aliphatic imine (C=N–C) groups is 1. The number of aromatic nitrogens is 2. The number of hydrogen-bond donors (Lipinski definition) is 1. The quantitative estimate of drug-likeness (QED) is 0.649.